The van der Waals surface area contributed by atoms with E-state index in [1.165, 1.54) is 6.92 Å². The van der Waals surface area contributed by atoms with Crippen LogP contribution in [-0.4, -0.2) is 42.1 Å². The predicted octanol–water partition coefficient (Wildman–Crippen LogP) is -1.11. The molecule has 16 heavy (non-hydrogen) atoms. The van der Waals surface area contributed by atoms with E-state index in [1.54, 1.807) is 0 Å². The predicted molar refractivity (Wildman–Crippen MR) is 57.1 cm³/mol. The zero-order valence-electron chi connectivity index (χ0n) is 8.93. The molecule has 2 unspecified atom stereocenters. The van der Waals surface area contributed by atoms with Crippen LogP contribution in [0.15, 0.2) is 0 Å². The second-order valence-electron chi connectivity index (χ2n) is 2.97. The number of hydrogen-bond donors (Lipinski definition) is 3. The van der Waals surface area contributed by atoms with Crippen LogP contribution in [0.1, 0.15) is 13.3 Å². The lowest BCUT2D eigenvalue weighted by atomic mass is 10.2. The van der Waals surface area contributed by atoms with Crippen molar-refractivity contribution >= 4 is 30.3 Å². The second kappa shape index (κ2) is 7.89. The number of hydrogen-bond acceptors (Lipinski definition) is 5. The number of nitrogens with two attached hydrogens (primary N) is 1. The van der Waals surface area contributed by atoms with Crippen molar-refractivity contribution in [3.63, 3.8) is 0 Å². The summed E-state index contributed by atoms with van der Waals surface area (Å²) >= 11 is 0. The van der Waals surface area contributed by atoms with E-state index in [0.717, 1.165) is 7.11 Å². The lowest BCUT2D eigenvalue weighted by molar-refractivity contribution is -0.148. The van der Waals surface area contributed by atoms with Gasteiger partial charge in [-0.15, -0.1) is 12.4 Å². The van der Waals surface area contributed by atoms with E-state index in [1.807, 2.05) is 0 Å². The number of rotatable bonds is 5. The number of methoxy groups -OCH3 is 1. The zero-order chi connectivity index (χ0) is 12.0. The van der Waals surface area contributed by atoms with E-state index in [0.29, 0.717) is 0 Å². The first-order valence-electron chi connectivity index (χ1n) is 4.24. The summed E-state index contributed by atoms with van der Waals surface area (Å²) in [5.41, 5.74) is 5.23. The van der Waals surface area contributed by atoms with Crippen molar-refractivity contribution < 1.29 is 24.2 Å². The van der Waals surface area contributed by atoms with E-state index >= 15 is 0 Å². The molecule has 0 aromatic rings. The summed E-state index contributed by atoms with van der Waals surface area (Å²) < 4.78 is 4.29. The van der Waals surface area contributed by atoms with Gasteiger partial charge in [-0.3, -0.25) is 9.59 Å². The minimum Gasteiger partial charge on any atom is -0.480 e. The van der Waals surface area contributed by atoms with Gasteiger partial charge in [-0.05, 0) is 6.92 Å². The molecule has 0 bridgehead atoms. The zero-order valence-corrected chi connectivity index (χ0v) is 9.74. The van der Waals surface area contributed by atoms with E-state index in [9.17, 15) is 14.4 Å². The molecule has 0 spiro atoms. The van der Waals surface area contributed by atoms with Crippen molar-refractivity contribution in [2.45, 2.75) is 25.4 Å². The van der Waals surface area contributed by atoms with Crippen LogP contribution in [0, 0.1) is 0 Å². The molecule has 2 atom stereocenters. The van der Waals surface area contributed by atoms with Crippen LogP contribution in [0.4, 0.5) is 0 Å². The average molecular weight is 255 g/mol. The molecule has 7 nitrogen and oxygen atoms in total. The number of amides is 1. The molecule has 8 heteroatoms. The van der Waals surface area contributed by atoms with Gasteiger partial charge in [-0.1, -0.05) is 0 Å². The molecule has 0 saturated heterocycles. The van der Waals surface area contributed by atoms with Gasteiger partial charge in [-0.25, -0.2) is 4.79 Å². The van der Waals surface area contributed by atoms with Crippen molar-refractivity contribution in [2.75, 3.05) is 7.11 Å². The minimum absolute atomic E-state index is 0. The fourth-order valence-corrected chi connectivity index (χ4v) is 0.753. The highest BCUT2D eigenvalue weighted by molar-refractivity contribution is 5.89. The van der Waals surface area contributed by atoms with Gasteiger partial charge in [0.05, 0.1) is 19.6 Å². The number of nitrogens with one attached hydrogen (secondary N) is 1. The van der Waals surface area contributed by atoms with Gasteiger partial charge in [0.1, 0.15) is 6.04 Å². The highest BCUT2D eigenvalue weighted by Gasteiger charge is 2.24. The normalized spacial score (nSPS) is 12.9. The van der Waals surface area contributed by atoms with Crippen molar-refractivity contribution in [1.29, 1.82) is 0 Å². The summed E-state index contributed by atoms with van der Waals surface area (Å²) in [6.45, 7) is 1.41. The fraction of sp³-hybridized carbons (Fsp3) is 0.625. The summed E-state index contributed by atoms with van der Waals surface area (Å²) in [5.74, 6) is -2.66. The maximum Gasteiger partial charge on any atom is 0.326 e. The van der Waals surface area contributed by atoms with Crippen molar-refractivity contribution in [3.05, 3.63) is 0 Å². The Morgan fingerprint density at radius 1 is 1.44 bits per heavy atom. The van der Waals surface area contributed by atoms with Crippen molar-refractivity contribution in [1.82, 2.24) is 5.32 Å². The highest BCUT2D eigenvalue weighted by Crippen LogP contribution is 1.95. The Balaban J connectivity index is 0. The molecule has 0 aromatic carbocycles. The van der Waals surface area contributed by atoms with E-state index in [2.05, 4.69) is 10.1 Å². The van der Waals surface area contributed by atoms with Crippen LogP contribution >= 0.6 is 12.4 Å². The average Bonchev–Trinajstić information content (AvgIpc) is 2.15. The largest absolute Gasteiger partial charge is 0.480 e. The maximum atomic E-state index is 11.1. The second-order valence-corrected chi connectivity index (χ2v) is 2.97. The van der Waals surface area contributed by atoms with Crippen LogP contribution in [0.2, 0.25) is 0 Å². The van der Waals surface area contributed by atoms with Gasteiger partial charge < -0.3 is 20.9 Å². The number of carbonyl (C=O) groups excluding carboxylic acids is 2. The fourth-order valence-electron chi connectivity index (χ4n) is 0.753. The van der Waals surface area contributed by atoms with Crippen LogP contribution in [0.25, 0.3) is 0 Å². The first kappa shape index (κ1) is 17.1. The molecule has 94 valence electrons. The first-order valence-corrected chi connectivity index (χ1v) is 4.24. The number of aliphatic carboxylic acids is 1. The summed E-state index contributed by atoms with van der Waals surface area (Å²) in [5, 5.41) is 10.8. The van der Waals surface area contributed by atoms with E-state index in [4.69, 9.17) is 10.8 Å². The van der Waals surface area contributed by atoms with Gasteiger partial charge in [0, 0.05) is 0 Å². The number of esters is 1. The molecule has 0 saturated carbocycles. The Morgan fingerprint density at radius 3 is 2.25 bits per heavy atom. The van der Waals surface area contributed by atoms with E-state index in [-0.39, 0.29) is 12.4 Å². The van der Waals surface area contributed by atoms with Gasteiger partial charge >= 0.3 is 11.9 Å². The highest BCUT2D eigenvalue weighted by atomic mass is 35.5. The topological polar surface area (TPSA) is 119 Å². The molecule has 0 aliphatic heterocycles. The van der Waals surface area contributed by atoms with Crippen LogP contribution in [0.3, 0.4) is 0 Å². The first-order chi connectivity index (χ1) is 6.88. The molecule has 1 amide bonds. The molecule has 4 N–H and O–H groups in total. The molecule has 0 aromatic heterocycles. The van der Waals surface area contributed by atoms with Crippen LogP contribution in [-0.2, 0) is 19.1 Å². The summed E-state index contributed by atoms with van der Waals surface area (Å²) in [6.07, 6.45) is -0.426. The Hall–Kier alpha value is -1.34. The third kappa shape index (κ3) is 6.20. The molecule has 0 aliphatic rings. The Kier molecular flexibility index (Phi) is 8.41. The van der Waals surface area contributed by atoms with Crippen LogP contribution < -0.4 is 11.1 Å². The molecular weight excluding hydrogens is 240 g/mol. The maximum absolute atomic E-state index is 11.1. The Bertz CT molecular complexity index is 269. The molecular formula is C8H15ClN2O5. The summed E-state index contributed by atoms with van der Waals surface area (Å²) in [7, 11) is 1.13. The third-order valence-electron chi connectivity index (χ3n) is 1.63. The van der Waals surface area contributed by atoms with Crippen molar-refractivity contribution in [3.8, 4) is 0 Å². The van der Waals surface area contributed by atoms with Gasteiger partial charge in [0.15, 0.2) is 0 Å². The summed E-state index contributed by atoms with van der Waals surface area (Å²) in [4.78, 5) is 32.5. The lowest BCUT2D eigenvalue weighted by Gasteiger charge is -2.14. The number of ether oxygens (including phenoxy) is 1. The Morgan fingerprint density at radius 2 is 1.94 bits per heavy atom. The van der Waals surface area contributed by atoms with E-state index < -0.39 is 36.4 Å². The van der Waals surface area contributed by atoms with Gasteiger partial charge in [-0.2, -0.15) is 0 Å². The SMILES string of the molecule is COC(=O)CC(NC(=O)C(C)N)C(=O)O.Cl. The molecule has 0 aliphatic carbocycles. The monoisotopic (exact) mass is 254 g/mol. The molecule has 0 rings (SSSR count). The number of carbonyl (C=O) groups is 3. The lowest BCUT2D eigenvalue weighted by Crippen LogP contribution is -2.48. The number of carboxylic acid groups (broad SMARTS) is 1. The molecule has 0 heterocycles. The van der Waals surface area contributed by atoms with Crippen molar-refractivity contribution in [2.24, 2.45) is 5.73 Å². The summed E-state index contributed by atoms with van der Waals surface area (Å²) in [6, 6.07) is -2.14. The van der Waals surface area contributed by atoms with Gasteiger partial charge in [0.25, 0.3) is 0 Å². The van der Waals surface area contributed by atoms with Gasteiger partial charge in [0.2, 0.25) is 5.91 Å². The minimum atomic E-state index is -1.31. The van der Waals surface area contributed by atoms with Crippen LogP contribution in [0.5, 0.6) is 0 Å². The standard InChI is InChI=1S/C8H14N2O5.ClH/c1-4(9)7(12)10-5(8(13)14)3-6(11)15-2;/h4-5H,3,9H2,1-2H3,(H,10,12)(H,13,14);1H. The molecule has 0 fully saturated rings. The third-order valence-corrected chi connectivity index (χ3v) is 1.63. The Labute approximate surface area is 98.7 Å². The number of carboxylic acids is 1. The molecule has 0 radical (unpaired) electrons. The quantitative estimate of drug-likeness (QED) is 0.535. The number of halogens is 1. The smallest absolute Gasteiger partial charge is 0.326 e.